The largest absolute Gasteiger partial charge is 0.311 e. The molecule has 0 aliphatic carbocycles. The van der Waals surface area contributed by atoms with E-state index in [1.54, 1.807) is 0 Å². The monoisotopic (exact) mass is 479 g/mol. The first kappa shape index (κ1) is 17.4. The molecule has 1 saturated heterocycles. The smallest absolute Gasteiger partial charge is 0.0207 e. The van der Waals surface area contributed by atoms with Gasteiger partial charge in [0.05, 0.1) is 0 Å². The molecule has 0 amide bonds. The molecular formula is C13H27I2N3. The normalized spacial score (nSPS) is 21.7. The molecule has 1 rings (SSSR count). The third-order valence-corrected chi connectivity index (χ3v) is 4.83. The van der Waals surface area contributed by atoms with E-state index in [-0.39, 0.29) is 0 Å². The van der Waals surface area contributed by atoms with Crippen LogP contribution in [0.4, 0.5) is 0 Å². The van der Waals surface area contributed by atoms with Gasteiger partial charge in [-0.05, 0) is 32.5 Å². The Kier molecular flexibility index (Phi) is 10.7. The van der Waals surface area contributed by atoms with Crippen molar-refractivity contribution in [2.24, 2.45) is 0 Å². The van der Waals surface area contributed by atoms with E-state index in [1.807, 2.05) is 0 Å². The molecule has 3 nitrogen and oxygen atoms in total. The maximum Gasteiger partial charge on any atom is 0.0207 e. The second kappa shape index (κ2) is 11.0. The number of nitrogens with zero attached hydrogens (tertiary/aromatic N) is 2. The molecule has 0 bridgehead atoms. The molecule has 1 fully saturated rings. The number of nitrogens with one attached hydrogen (secondary N) is 1. The highest BCUT2D eigenvalue weighted by atomic mass is 127. The zero-order valence-corrected chi connectivity index (χ0v) is 15.8. The van der Waals surface area contributed by atoms with Gasteiger partial charge in [-0.3, -0.25) is 4.90 Å². The summed E-state index contributed by atoms with van der Waals surface area (Å²) in [5.41, 5.74) is 0. The molecule has 108 valence electrons. The second-order valence-electron chi connectivity index (χ2n) is 4.91. The van der Waals surface area contributed by atoms with Crippen LogP contribution in [0.2, 0.25) is 0 Å². The van der Waals surface area contributed by atoms with Gasteiger partial charge in [0.15, 0.2) is 0 Å². The first-order chi connectivity index (χ1) is 8.80. The predicted molar refractivity (Wildman–Crippen MR) is 97.4 cm³/mol. The first-order valence-electron chi connectivity index (χ1n) is 7.10. The maximum atomic E-state index is 3.67. The Morgan fingerprint density at radius 1 is 1.28 bits per heavy atom. The molecule has 1 aliphatic heterocycles. The summed E-state index contributed by atoms with van der Waals surface area (Å²) in [6, 6.07) is 0.704. The lowest BCUT2D eigenvalue weighted by Gasteiger charge is -2.34. The zero-order chi connectivity index (χ0) is 13.2. The van der Waals surface area contributed by atoms with Gasteiger partial charge < -0.3 is 10.2 Å². The maximum absolute atomic E-state index is 3.67. The Morgan fingerprint density at radius 3 is 2.78 bits per heavy atom. The third kappa shape index (κ3) is 7.21. The van der Waals surface area contributed by atoms with E-state index in [0.717, 1.165) is 0 Å². The van der Waals surface area contributed by atoms with E-state index in [4.69, 9.17) is 0 Å². The predicted octanol–water partition coefficient (Wildman–Crippen LogP) is 2.23. The Labute approximate surface area is 140 Å². The number of hydrogen-bond acceptors (Lipinski definition) is 3. The van der Waals surface area contributed by atoms with E-state index in [0.29, 0.717) is 6.04 Å². The molecule has 1 atom stereocenters. The number of halogens is 2. The molecule has 1 N–H and O–H groups in total. The summed E-state index contributed by atoms with van der Waals surface area (Å²) in [5, 5.41) is 3.67. The first-order valence-corrected chi connectivity index (χ1v) is 10.1. The van der Waals surface area contributed by atoms with Crippen LogP contribution in [0.3, 0.4) is 0 Å². The van der Waals surface area contributed by atoms with E-state index >= 15 is 0 Å². The van der Waals surface area contributed by atoms with Crippen LogP contribution in [0.15, 0.2) is 0 Å². The van der Waals surface area contributed by atoms with Crippen molar-refractivity contribution in [3.63, 3.8) is 0 Å². The van der Waals surface area contributed by atoms with Gasteiger partial charge in [0, 0.05) is 41.1 Å². The highest BCUT2D eigenvalue weighted by molar-refractivity contribution is 14.1. The Bertz CT molecular complexity index is 203. The van der Waals surface area contributed by atoms with Crippen molar-refractivity contribution in [1.29, 1.82) is 0 Å². The molecule has 18 heavy (non-hydrogen) atoms. The fraction of sp³-hybridized carbons (Fsp3) is 1.00. The van der Waals surface area contributed by atoms with Crippen molar-refractivity contribution in [1.82, 2.24) is 15.1 Å². The summed E-state index contributed by atoms with van der Waals surface area (Å²) in [7, 11) is 0. The lowest BCUT2D eigenvalue weighted by molar-refractivity contribution is 0.188. The van der Waals surface area contributed by atoms with Crippen LogP contribution in [0.1, 0.15) is 19.8 Å². The molecular weight excluding hydrogens is 452 g/mol. The summed E-state index contributed by atoms with van der Waals surface area (Å²) in [6.45, 7) is 10.9. The van der Waals surface area contributed by atoms with Crippen molar-refractivity contribution in [3.8, 4) is 0 Å². The SMILES string of the molecule is CCN(CCCI)CCC1CN(CCI)CCN1. The van der Waals surface area contributed by atoms with Crippen LogP contribution >= 0.6 is 45.2 Å². The van der Waals surface area contributed by atoms with E-state index < -0.39 is 0 Å². The fourth-order valence-electron chi connectivity index (χ4n) is 2.46. The number of piperazine rings is 1. The van der Waals surface area contributed by atoms with E-state index in [2.05, 4.69) is 67.2 Å². The van der Waals surface area contributed by atoms with Crippen LogP contribution in [0, 0.1) is 0 Å². The van der Waals surface area contributed by atoms with Gasteiger partial charge >= 0.3 is 0 Å². The van der Waals surface area contributed by atoms with Crippen LogP contribution in [-0.4, -0.2) is 70.5 Å². The Morgan fingerprint density at radius 2 is 2.11 bits per heavy atom. The average Bonchev–Trinajstić information content (AvgIpc) is 2.40. The molecule has 0 saturated carbocycles. The molecule has 0 aromatic rings. The minimum absolute atomic E-state index is 0.704. The van der Waals surface area contributed by atoms with Gasteiger partial charge in [0.2, 0.25) is 0 Å². The number of rotatable bonds is 9. The van der Waals surface area contributed by atoms with Crippen LogP contribution in [-0.2, 0) is 0 Å². The highest BCUT2D eigenvalue weighted by Gasteiger charge is 2.18. The van der Waals surface area contributed by atoms with Crippen molar-refractivity contribution >= 4 is 45.2 Å². The minimum Gasteiger partial charge on any atom is -0.311 e. The average molecular weight is 479 g/mol. The second-order valence-corrected chi connectivity index (χ2v) is 7.06. The van der Waals surface area contributed by atoms with Crippen LogP contribution in [0.25, 0.3) is 0 Å². The summed E-state index contributed by atoms with van der Waals surface area (Å²) in [4.78, 5) is 5.20. The topological polar surface area (TPSA) is 18.5 Å². The lowest BCUT2D eigenvalue weighted by Crippen LogP contribution is -2.51. The van der Waals surface area contributed by atoms with Gasteiger partial charge in [-0.2, -0.15) is 0 Å². The molecule has 0 aromatic heterocycles. The van der Waals surface area contributed by atoms with Crippen molar-refractivity contribution in [3.05, 3.63) is 0 Å². The zero-order valence-electron chi connectivity index (χ0n) is 11.5. The fourth-order valence-corrected chi connectivity index (χ4v) is 3.48. The quantitative estimate of drug-likeness (QED) is 0.405. The summed E-state index contributed by atoms with van der Waals surface area (Å²) in [6.07, 6.45) is 2.63. The van der Waals surface area contributed by atoms with Crippen LogP contribution in [0.5, 0.6) is 0 Å². The minimum atomic E-state index is 0.704. The Hall–Kier alpha value is 1.34. The number of hydrogen-bond donors (Lipinski definition) is 1. The third-order valence-electron chi connectivity index (χ3n) is 3.59. The van der Waals surface area contributed by atoms with Gasteiger partial charge in [-0.1, -0.05) is 52.1 Å². The summed E-state index contributed by atoms with van der Waals surface area (Å²) in [5.74, 6) is 0. The molecule has 0 aromatic carbocycles. The standard InChI is InChI=1S/C13H27I2N3/c1-2-17(8-3-5-14)9-4-13-12-18(10-6-15)11-7-16-13/h13,16H,2-12H2,1H3. The van der Waals surface area contributed by atoms with Crippen LogP contribution < -0.4 is 5.32 Å². The molecule has 0 spiro atoms. The molecule has 1 unspecified atom stereocenters. The lowest BCUT2D eigenvalue weighted by atomic mass is 10.1. The molecule has 1 aliphatic rings. The van der Waals surface area contributed by atoms with Gasteiger partial charge in [-0.15, -0.1) is 0 Å². The van der Waals surface area contributed by atoms with Crippen molar-refractivity contribution in [2.45, 2.75) is 25.8 Å². The highest BCUT2D eigenvalue weighted by Crippen LogP contribution is 2.05. The number of alkyl halides is 2. The van der Waals surface area contributed by atoms with E-state index in [1.165, 1.54) is 67.5 Å². The molecule has 5 heteroatoms. The van der Waals surface area contributed by atoms with Gasteiger partial charge in [0.1, 0.15) is 0 Å². The van der Waals surface area contributed by atoms with Crippen molar-refractivity contribution < 1.29 is 0 Å². The summed E-state index contributed by atoms with van der Waals surface area (Å²) < 4.78 is 2.53. The Balaban J connectivity index is 2.20. The van der Waals surface area contributed by atoms with Gasteiger partial charge in [-0.25, -0.2) is 0 Å². The molecule has 1 heterocycles. The summed E-state index contributed by atoms with van der Waals surface area (Å²) >= 11 is 4.95. The van der Waals surface area contributed by atoms with E-state index in [9.17, 15) is 0 Å². The van der Waals surface area contributed by atoms with Gasteiger partial charge in [0.25, 0.3) is 0 Å². The molecule has 0 radical (unpaired) electrons. The van der Waals surface area contributed by atoms with Crippen molar-refractivity contribution in [2.75, 3.05) is 54.7 Å².